The summed E-state index contributed by atoms with van der Waals surface area (Å²) in [7, 11) is -3.95. The Morgan fingerprint density at radius 1 is 1.44 bits per heavy atom. The second-order valence-electron chi connectivity index (χ2n) is 4.54. The van der Waals surface area contributed by atoms with Gasteiger partial charge in [-0.1, -0.05) is 5.16 Å². The van der Waals surface area contributed by atoms with Crippen LogP contribution in [0.25, 0.3) is 0 Å². The summed E-state index contributed by atoms with van der Waals surface area (Å²) in [6, 6.07) is -3.74. The number of carbonyl (C=O) groups is 3. The van der Waals surface area contributed by atoms with Crippen LogP contribution in [0.3, 0.4) is 0 Å². The number of β-lactam (4-membered cyclic amide) rings is 1. The summed E-state index contributed by atoms with van der Waals surface area (Å²) in [4.78, 5) is 43.5. The quantitative estimate of drug-likeness (QED) is 0.112. The number of carboxylic acid groups (broad SMARTS) is 1. The first-order chi connectivity index (χ1) is 11.6. The predicted octanol–water partition coefficient (Wildman–Crippen LogP) is -3.64. The zero-order valence-corrected chi connectivity index (χ0v) is 13.9. The van der Waals surface area contributed by atoms with E-state index in [9.17, 15) is 22.8 Å². The molecule has 1 aromatic heterocycles. The number of nitrogens with two attached hydrogens (primary N) is 1. The number of nitrogen functional groups attached to an aromatic ring is 1. The molecule has 2 atom stereocenters. The Morgan fingerprint density at radius 2 is 2.04 bits per heavy atom. The van der Waals surface area contributed by atoms with Crippen molar-refractivity contribution < 1.29 is 37.3 Å². The first-order valence-electron chi connectivity index (χ1n) is 6.24. The standard InChI is InChI=1S/C10H11N5O8S2.2Na.2H/c1-23-14-4(3-2-24-10(11)12-3)7(16)13-5-6(9(18)19)15(8(5)17)25(20,21)22;;;;/h2,5-6H,1H3,(H2,11,12)(H,13,16)(H,18,19)(H,20,21,22);;;;. The molecular weight excluding hydrogens is 428 g/mol. The van der Waals surface area contributed by atoms with Gasteiger partial charge in [0.25, 0.3) is 11.8 Å². The third kappa shape index (κ3) is 5.61. The Morgan fingerprint density at radius 3 is 2.44 bits per heavy atom. The van der Waals surface area contributed by atoms with E-state index < -0.39 is 45.9 Å². The summed E-state index contributed by atoms with van der Waals surface area (Å²) < 4.78 is 30.7. The van der Waals surface area contributed by atoms with Crippen LogP contribution in [0.5, 0.6) is 0 Å². The fraction of sp³-hybridized carbons (Fsp3) is 0.300. The van der Waals surface area contributed by atoms with E-state index in [1.165, 1.54) is 5.38 Å². The topological polar surface area (TPSA) is 202 Å². The van der Waals surface area contributed by atoms with Crippen molar-refractivity contribution in [1.29, 1.82) is 0 Å². The number of oxime groups is 1. The number of thiazole rings is 1. The number of carbonyl (C=O) groups excluding carboxylic acids is 2. The number of amides is 2. The van der Waals surface area contributed by atoms with Crippen LogP contribution in [0, 0.1) is 0 Å². The second-order valence-corrected chi connectivity index (χ2v) is 6.72. The van der Waals surface area contributed by atoms with Crippen LogP contribution in [0.15, 0.2) is 10.5 Å². The van der Waals surface area contributed by atoms with Crippen molar-refractivity contribution in [2.24, 2.45) is 5.16 Å². The molecular formula is C10H13N5Na2O8S2. The summed E-state index contributed by atoms with van der Waals surface area (Å²) >= 11 is 0.993. The van der Waals surface area contributed by atoms with Gasteiger partial charge in [0.1, 0.15) is 18.8 Å². The van der Waals surface area contributed by atoms with Gasteiger partial charge >= 0.3 is 75.4 Å². The molecule has 2 heterocycles. The zero-order chi connectivity index (χ0) is 18.9. The van der Waals surface area contributed by atoms with Gasteiger partial charge in [-0.2, -0.15) is 12.7 Å². The predicted molar refractivity (Wildman–Crippen MR) is 96.1 cm³/mol. The van der Waals surface area contributed by atoms with Gasteiger partial charge in [0.2, 0.25) is 0 Å². The van der Waals surface area contributed by atoms with E-state index in [-0.39, 0.29) is 74.2 Å². The molecule has 0 aliphatic carbocycles. The molecule has 0 radical (unpaired) electrons. The first-order valence-corrected chi connectivity index (χ1v) is 8.52. The molecule has 0 aromatic carbocycles. The Kier molecular flexibility index (Phi) is 9.84. The van der Waals surface area contributed by atoms with Crippen molar-refractivity contribution in [2.75, 3.05) is 12.8 Å². The number of rotatable bonds is 6. The summed E-state index contributed by atoms with van der Waals surface area (Å²) in [5.74, 6) is -4.12. The van der Waals surface area contributed by atoms with Crippen molar-refractivity contribution in [3.8, 4) is 0 Å². The first kappa shape index (κ1) is 26.2. The van der Waals surface area contributed by atoms with Crippen molar-refractivity contribution in [3.63, 3.8) is 0 Å². The number of aromatic nitrogens is 1. The van der Waals surface area contributed by atoms with Crippen LogP contribution in [-0.4, -0.2) is 129 Å². The molecule has 0 spiro atoms. The average molecular weight is 441 g/mol. The number of anilines is 1. The van der Waals surface area contributed by atoms with E-state index >= 15 is 0 Å². The molecule has 17 heteroatoms. The fourth-order valence-corrected chi connectivity index (χ4v) is 3.39. The summed E-state index contributed by atoms with van der Waals surface area (Å²) in [6.07, 6.45) is 0. The number of nitrogens with zero attached hydrogens (tertiary/aromatic N) is 3. The van der Waals surface area contributed by atoms with E-state index in [1.54, 1.807) is 0 Å². The fourth-order valence-electron chi connectivity index (χ4n) is 2.01. The maximum atomic E-state index is 12.2. The van der Waals surface area contributed by atoms with Gasteiger partial charge in [-0.05, 0) is 0 Å². The van der Waals surface area contributed by atoms with Crippen molar-refractivity contribution in [3.05, 3.63) is 11.1 Å². The van der Waals surface area contributed by atoms with Crippen LogP contribution >= 0.6 is 11.3 Å². The van der Waals surface area contributed by atoms with Gasteiger partial charge in [-0.25, -0.2) is 9.78 Å². The molecule has 1 aliphatic heterocycles. The molecule has 13 nitrogen and oxygen atoms in total. The normalized spacial score (nSPS) is 19.3. The molecule has 1 fully saturated rings. The summed E-state index contributed by atoms with van der Waals surface area (Å²) in [6.45, 7) is 0. The van der Waals surface area contributed by atoms with Gasteiger partial charge in [0.15, 0.2) is 16.9 Å². The van der Waals surface area contributed by atoms with E-state index in [0.717, 1.165) is 18.4 Å². The molecule has 0 saturated carbocycles. The van der Waals surface area contributed by atoms with Gasteiger partial charge in [0, 0.05) is 5.38 Å². The number of hydrogen-bond acceptors (Lipinski definition) is 10. The number of hydrogen-bond donors (Lipinski definition) is 4. The Hall–Kier alpha value is -0.780. The van der Waals surface area contributed by atoms with Gasteiger partial charge in [0.05, 0.1) is 0 Å². The van der Waals surface area contributed by atoms with Crippen molar-refractivity contribution in [1.82, 2.24) is 14.6 Å². The van der Waals surface area contributed by atoms with Crippen molar-refractivity contribution >= 4 is 109 Å². The Bertz CT molecular complexity index is 873. The monoisotopic (exact) mass is 441 g/mol. The molecule has 2 amide bonds. The van der Waals surface area contributed by atoms with E-state index in [0.29, 0.717) is 0 Å². The number of aliphatic carboxylic acids is 1. The Labute approximate surface area is 200 Å². The molecule has 1 aliphatic rings. The third-order valence-corrected chi connectivity index (χ3v) is 4.58. The molecule has 5 N–H and O–H groups in total. The van der Waals surface area contributed by atoms with E-state index in [4.69, 9.17) is 15.4 Å². The number of carboxylic acids is 1. The molecule has 2 unspecified atom stereocenters. The molecule has 2 rings (SSSR count). The van der Waals surface area contributed by atoms with Crippen molar-refractivity contribution in [2.45, 2.75) is 12.1 Å². The van der Waals surface area contributed by atoms with Crippen LogP contribution in [0.1, 0.15) is 5.69 Å². The SMILES string of the molecule is CON=C(C(=O)NC1C(=O)N(S(=O)(=O)O)C1C(=O)O)c1csc(N)n1.[NaH].[NaH]. The van der Waals surface area contributed by atoms with Gasteiger partial charge in [-0.3, -0.25) is 14.1 Å². The molecule has 0 bridgehead atoms. The van der Waals surface area contributed by atoms with Gasteiger partial charge < -0.3 is 21.0 Å². The average Bonchev–Trinajstić information content (AvgIpc) is 2.91. The second kappa shape index (κ2) is 10.1. The van der Waals surface area contributed by atoms with Crippen LogP contribution in [0.2, 0.25) is 0 Å². The van der Waals surface area contributed by atoms with Crippen LogP contribution in [-0.2, 0) is 29.5 Å². The zero-order valence-electron chi connectivity index (χ0n) is 12.3. The van der Waals surface area contributed by atoms with E-state index in [1.807, 2.05) is 5.32 Å². The molecule has 140 valence electrons. The third-order valence-electron chi connectivity index (χ3n) is 3.00. The number of nitrogens with one attached hydrogen (secondary N) is 1. The maximum absolute atomic E-state index is 12.2. The van der Waals surface area contributed by atoms with E-state index in [2.05, 4.69) is 15.0 Å². The molecule has 1 aromatic rings. The summed E-state index contributed by atoms with van der Waals surface area (Å²) in [5, 5.41) is 16.0. The Balaban J connectivity index is 0.00000338. The summed E-state index contributed by atoms with van der Waals surface area (Å²) in [5.41, 5.74) is 5.05. The molecule has 27 heavy (non-hydrogen) atoms. The minimum atomic E-state index is -5.09. The molecule has 1 saturated heterocycles. The van der Waals surface area contributed by atoms with Crippen LogP contribution < -0.4 is 11.1 Å². The van der Waals surface area contributed by atoms with Gasteiger partial charge in [-0.15, -0.1) is 11.3 Å². The minimum absolute atomic E-state index is 0. The van der Waals surface area contributed by atoms with Crippen LogP contribution in [0.4, 0.5) is 5.13 Å².